The number of aromatic nitrogens is 2. The van der Waals surface area contributed by atoms with Crippen LogP contribution in [-0.2, 0) is 22.7 Å². The molecule has 1 aliphatic heterocycles. The lowest BCUT2D eigenvalue weighted by atomic mass is 10.1. The Morgan fingerprint density at radius 2 is 1.96 bits per heavy atom. The van der Waals surface area contributed by atoms with E-state index < -0.39 is 11.6 Å². The lowest BCUT2D eigenvalue weighted by molar-refractivity contribution is -0.130. The van der Waals surface area contributed by atoms with Crippen molar-refractivity contribution in [2.45, 2.75) is 39.4 Å². The van der Waals surface area contributed by atoms with E-state index in [4.69, 9.17) is 4.52 Å². The molecule has 1 saturated heterocycles. The van der Waals surface area contributed by atoms with Gasteiger partial charge >= 0.3 is 6.03 Å². The topological polar surface area (TPSA) is 117 Å². The van der Waals surface area contributed by atoms with E-state index in [9.17, 15) is 14.4 Å². The summed E-state index contributed by atoms with van der Waals surface area (Å²) < 4.78 is 5.22. The number of rotatable bonds is 5. The number of benzene rings is 1. The molecule has 2 aromatic rings. The molecule has 0 radical (unpaired) electrons. The average molecular weight is 357 g/mol. The zero-order valence-electron chi connectivity index (χ0n) is 14.7. The molecule has 0 atom stereocenters. The van der Waals surface area contributed by atoms with Gasteiger partial charge in [-0.15, -0.1) is 0 Å². The second-order valence-electron chi connectivity index (χ2n) is 6.57. The monoisotopic (exact) mass is 357 g/mol. The van der Waals surface area contributed by atoms with Gasteiger partial charge in [0.15, 0.2) is 5.82 Å². The van der Waals surface area contributed by atoms with E-state index in [0.717, 1.165) is 10.5 Å². The minimum Gasteiger partial charge on any atom is -0.352 e. The van der Waals surface area contributed by atoms with Crippen LogP contribution in [0.15, 0.2) is 28.8 Å². The lowest BCUT2D eigenvalue weighted by Crippen LogP contribution is -2.40. The number of amides is 4. The maximum atomic E-state index is 12.2. The fraction of sp³-hybridized carbons (Fsp3) is 0.353. The molecule has 2 N–H and O–H groups in total. The molecule has 3 rings (SSSR count). The highest BCUT2D eigenvalue weighted by molar-refractivity contribution is 6.06. The largest absolute Gasteiger partial charge is 0.352 e. The summed E-state index contributed by atoms with van der Waals surface area (Å²) in [5, 5.41) is 9.15. The molecule has 0 aliphatic carbocycles. The minimum atomic E-state index is -0.937. The number of nitrogens with one attached hydrogen (secondary N) is 2. The Kier molecular flexibility index (Phi) is 4.45. The Morgan fingerprint density at radius 1 is 1.27 bits per heavy atom. The van der Waals surface area contributed by atoms with Crippen LogP contribution in [0.5, 0.6) is 0 Å². The Balaban J connectivity index is 1.69. The molecule has 0 unspecified atom stereocenters. The van der Waals surface area contributed by atoms with Gasteiger partial charge in [-0.2, -0.15) is 4.98 Å². The molecule has 0 bridgehead atoms. The summed E-state index contributed by atoms with van der Waals surface area (Å²) in [5.74, 6) is 0.0939. The standard InChI is InChI=1S/C17H19N5O4/c1-10(23)18-8-11-4-6-12(7-5-11)14-19-13(21-26-14)9-22-15(24)17(2,3)20-16(22)25/h4-7H,8-9H2,1-3H3,(H,18,23)(H,20,25). The summed E-state index contributed by atoms with van der Waals surface area (Å²) in [6.45, 7) is 5.11. The Hall–Kier alpha value is -3.23. The van der Waals surface area contributed by atoms with Crippen molar-refractivity contribution in [2.24, 2.45) is 0 Å². The zero-order valence-corrected chi connectivity index (χ0v) is 14.7. The predicted octanol–water partition coefficient (Wildman–Crippen LogP) is 1.20. The van der Waals surface area contributed by atoms with Gasteiger partial charge in [-0.1, -0.05) is 17.3 Å². The summed E-state index contributed by atoms with van der Waals surface area (Å²) in [4.78, 5) is 40.3. The highest BCUT2D eigenvalue weighted by Gasteiger charge is 2.44. The van der Waals surface area contributed by atoms with Gasteiger partial charge in [-0.05, 0) is 31.5 Å². The molecule has 1 aliphatic rings. The van der Waals surface area contributed by atoms with Gasteiger partial charge in [0.05, 0.1) is 6.54 Å². The molecule has 9 heteroatoms. The first kappa shape index (κ1) is 17.6. The Labute approximate surface area is 149 Å². The maximum Gasteiger partial charge on any atom is 0.325 e. The van der Waals surface area contributed by atoms with Crippen LogP contribution < -0.4 is 10.6 Å². The molecule has 2 heterocycles. The summed E-state index contributed by atoms with van der Waals surface area (Å²) in [7, 11) is 0. The highest BCUT2D eigenvalue weighted by Crippen LogP contribution is 2.21. The van der Waals surface area contributed by atoms with Crippen molar-refractivity contribution in [3.8, 4) is 11.5 Å². The van der Waals surface area contributed by atoms with Crippen LogP contribution in [0.1, 0.15) is 32.2 Å². The van der Waals surface area contributed by atoms with Crippen LogP contribution in [0.2, 0.25) is 0 Å². The van der Waals surface area contributed by atoms with E-state index in [1.54, 1.807) is 26.0 Å². The summed E-state index contributed by atoms with van der Waals surface area (Å²) in [6.07, 6.45) is 0. The van der Waals surface area contributed by atoms with Crippen molar-refractivity contribution in [1.29, 1.82) is 0 Å². The highest BCUT2D eigenvalue weighted by atomic mass is 16.5. The van der Waals surface area contributed by atoms with Crippen LogP contribution in [-0.4, -0.2) is 38.4 Å². The predicted molar refractivity (Wildman–Crippen MR) is 90.4 cm³/mol. The second kappa shape index (κ2) is 6.58. The van der Waals surface area contributed by atoms with Crippen molar-refractivity contribution >= 4 is 17.8 Å². The molecule has 4 amide bonds. The van der Waals surface area contributed by atoms with Crippen molar-refractivity contribution < 1.29 is 18.9 Å². The molecule has 1 aromatic carbocycles. The molecule has 1 fully saturated rings. The van der Waals surface area contributed by atoms with E-state index in [1.807, 2.05) is 12.1 Å². The smallest absolute Gasteiger partial charge is 0.325 e. The molecule has 136 valence electrons. The molecule has 0 spiro atoms. The third kappa shape index (κ3) is 3.56. The number of hydrogen-bond donors (Lipinski definition) is 2. The van der Waals surface area contributed by atoms with Crippen LogP contribution in [0, 0.1) is 0 Å². The van der Waals surface area contributed by atoms with Gasteiger partial charge in [0.1, 0.15) is 5.54 Å². The van der Waals surface area contributed by atoms with Crippen LogP contribution >= 0.6 is 0 Å². The van der Waals surface area contributed by atoms with Gasteiger partial charge in [-0.3, -0.25) is 14.5 Å². The minimum absolute atomic E-state index is 0.0573. The molecule has 26 heavy (non-hydrogen) atoms. The SMILES string of the molecule is CC(=O)NCc1ccc(-c2nc(CN3C(=O)NC(C)(C)C3=O)no2)cc1. The molecule has 1 aromatic heterocycles. The van der Waals surface area contributed by atoms with Crippen molar-refractivity contribution in [3.63, 3.8) is 0 Å². The molecule has 0 saturated carbocycles. The number of imide groups is 1. The summed E-state index contributed by atoms with van der Waals surface area (Å²) in [6, 6.07) is 6.80. The van der Waals surface area contributed by atoms with E-state index in [1.165, 1.54) is 6.92 Å². The zero-order chi connectivity index (χ0) is 18.9. The first-order chi connectivity index (χ1) is 12.3. The number of carbonyl (C=O) groups excluding carboxylic acids is 3. The fourth-order valence-electron chi connectivity index (χ4n) is 2.53. The quantitative estimate of drug-likeness (QED) is 0.777. The van der Waals surface area contributed by atoms with E-state index in [2.05, 4.69) is 20.8 Å². The van der Waals surface area contributed by atoms with Crippen molar-refractivity contribution in [1.82, 2.24) is 25.7 Å². The van der Waals surface area contributed by atoms with Crippen LogP contribution in [0.3, 0.4) is 0 Å². The third-order valence-corrected chi connectivity index (χ3v) is 3.95. The van der Waals surface area contributed by atoms with Gasteiger partial charge in [-0.25, -0.2) is 4.79 Å². The third-order valence-electron chi connectivity index (χ3n) is 3.95. The first-order valence-corrected chi connectivity index (χ1v) is 8.07. The Morgan fingerprint density at radius 3 is 2.54 bits per heavy atom. The summed E-state index contributed by atoms with van der Waals surface area (Å²) >= 11 is 0. The van der Waals surface area contributed by atoms with Gasteiger partial charge < -0.3 is 15.2 Å². The van der Waals surface area contributed by atoms with E-state index in [0.29, 0.717) is 12.1 Å². The molecular weight excluding hydrogens is 338 g/mol. The van der Waals surface area contributed by atoms with Gasteiger partial charge in [0.25, 0.3) is 11.8 Å². The average Bonchev–Trinajstić information content (AvgIpc) is 3.12. The maximum absolute atomic E-state index is 12.2. The number of urea groups is 1. The van der Waals surface area contributed by atoms with Crippen molar-refractivity contribution in [2.75, 3.05) is 0 Å². The van der Waals surface area contributed by atoms with Crippen LogP contribution in [0.25, 0.3) is 11.5 Å². The second-order valence-corrected chi connectivity index (χ2v) is 6.57. The van der Waals surface area contributed by atoms with Crippen molar-refractivity contribution in [3.05, 3.63) is 35.7 Å². The van der Waals surface area contributed by atoms with E-state index in [-0.39, 0.29) is 30.1 Å². The lowest BCUT2D eigenvalue weighted by Gasteiger charge is -2.14. The van der Waals surface area contributed by atoms with Gasteiger partial charge in [0, 0.05) is 19.0 Å². The number of carbonyl (C=O) groups is 3. The number of hydrogen-bond acceptors (Lipinski definition) is 6. The first-order valence-electron chi connectivity index (χ1n) is 8.07. The van der Waals surface area contributed by atoms with E-state index >= 15 is 0 Å². The molecular formula is C17H19N5O4. The molecule has 9 nitrogen and oxygen atoms in total. The number of nitrogens with zero attached hydrogens (tertiary/aromatic N) is 3. The fourth-order valence-corrected chi connectivity index (χ4v) is 2.53. The normalized spacial score (nSPS) is 15.9. The van der Waals surface area contributed by atoms with Gasteiger partial charge in [0.2, 0.25) is 5.91 Å². The summed E-state index contributed by atoms with van der Waals surface area (Å²) in [5.41, 5.74) is 0.700. The van der Waals surface area contributed by atoms with Crippen LogP contribution in [0.4, 0.5) is 4.79 Å². The Bertz CT molecular complexity index is 856.